The molecule has 0 unspecified atom stereocenters. The second kappa shape index (κ2) is 8.17. The zero-order valence-electron chi connectivity index (χ0n) is 9.00. The van der Waals surface area contributed by atoms with Crippen LogP contribution in [0, 0.1) is 0 Å². The number of nitrogens with zero attached hydrogens (tertiary/aromatic N) is 1. The number of nitrogens with two attached hydrogens (primary N) is 1. The van der Waals surface area contributed by atoms with Crippen LogP contribution in [-0.4, -0.2) is 57.4 Å². The fourth-order valence-electron chi connectivity index (χ4n) is 1.58. The highest BCUT2D eigenvalue weighted by Gasteiger charge is 2.07. The monoisotopic (exact) mass is 201 g/mol. The maximum Gasteiger partial charge on any atom is 0.0593 e. The van der Waals surface area contributed by atoms with E-state index in [2.05, 4.69) is 10.2 Å². The lowest BCUT2D eigenvalue weighted by atomic mass is 10.3. The molecule has 0 radical (unpaired) electrons. The van der Waals surface area contributed by atoms with Crippen molar-refractivity contribution in [2.75, 3.05) is 52.5 Å². The van der Waals surface area contributed by atoms with Crippen molar-refractivity contribution in [1.29, 1.82) is 0 Å². The first-order valence-corrected chi connectivity index (χ1v) is 5.64. The predicted octanol–water partition coefficient (Wildman–Crippen LogP) is -0.353. The summed E-state index contributed by atoms with van der Waals surface area (Å²) in [5.41, 5.74) is 5.39. The molecule has 0 amide bonds. The van der Waals surface area contributed by atoms with Crippen molar-refractivity contribution in [3.63, 3.8) is 0 Å². The Kier molecular flexibility index (Phi) is 6.95. The molecule has 1 fully saturated rings. The molecular weight excluding hydrogens is 178 g/mol. The van der Waals surface area contributed by atoms with E-state index >= 15 is 0 Å². The third-order valence-electron chi connectivity index (χ3n) is 2.50. The number of rotatable bonds is 7. The van der Waals surface area contributed by atoms with Gasteiger partial charge in [-0.3, -0.25) is 4.90 Å². The average Bonchev–Trinajstić information content (AvgIpc) is 2.25. The minimum Gasteiger partial charge on any atom is -0.380 e. The van der Waals surface area contributed by atoms with Crippen LogP contribution >= 0.6 is 0 Å². The summed E-state index contributed by atoms with van der Waals surface area (Å²) < 4.78 is 5.52. The molecule has 0 saturated carbocycles. The number of ether oxygens (including phenoxy) is 1. The van der Waals surface area contributed by atoms with E-state index in [4.69, 9.17) is 10.5 Å². The molecule has 84 valence electrons. The maximum atomic E-state index is 5.52. The van der Waals surface area contributed by atoms with Crippen LogP contribution in [0.3, 0.4) is 0 Å². The molecule has 4 heteroatoms. The highest BCUT2D eigenvalue weighted by Crippen LogP contribution is 1.93. The Hall–Kier alpha value is -0.160. The topological polar surface area (TPSA) is 50.5 Å². The molecule has 0 bridgehead atoms. The summed E-state index contributed by atoms with van der Waals surface area (Å²) in [6, 6.07) is 0. The smallest absolute Gasteiger partial charge is 0.0593 e. The van der Waals surface area contributed by atoms with Crippen molar-refractivity contribution in [1.82, 2.24) is 10.2 Å². The van der Waals surface area contributed by atoms with Crippen LogP contribution in [0.4, 0.5) is 0 Å². The van der Waals surface area contributed by atoms with E-state index < -0.39 is 0 Å². The molecule has 1 heterocycles. The summed E-state index contributed by atoms with van der Waals surface area (Å²) in [5, 5.41) is 3.34. The van der Waals surface area contributed by atoms with Crippen molar-refractivity contribution in [3.05, 3.63) is 0 Å². The summed E-state index contributed by atoms with van der Waals surface area (Å²) >= 11 is 0. The molecule has 0 aliphatic carbocycles. The normalized spacial score (nSPS) is 18.6. The highest BCUT2D eigenvalue weighted by atomic mass is 16.5. The number of hydrogen-bond acceptors (Lipinski definition) is 4. The maximum absolute atomic E-state index is 5.52. The molecule has 1 aliphatic heterocycles. The summed E-state index contributed by atoms with van der Waals surface area (Å²) in [5.74, 6) is 0. The quantitative estimate of drug-likeness (QED) is 0.553. The van der Waals surface area contributed by atoms with Gasteiger partial charge in [-0.1, -0.05) is 0 Å². The Bertz CT molecular complexity index is 127. The SMILES string of the molecule is NCCCCOCCN1CCNCC1. The van der Waals surface area contributed by atoms with E-state index in [9.17, 15) is 0 Å². The fourth-order valence-corrected chi connectivity index (χ4v) is 1.58. The van der Waals surface area contributed by atoms with Crippen LogP contribution in [0.5, 0.6) is 0 Å². The van der Waals surface area contributed by atoms with Gasteiger partial charge in [-0.15, -0.1) is 0 Å². The number of nitrogens with one attached hydrogen (secondary N) is 1. The van der Waals surface area contributed by atoms with Crippen LogP contribution < -0.4 is 11.1 Å². The van der Waals surface area contributed by atoms with E-state index in [1.165, 1.54) is 0 Å². The lowest BCUT2D eigenvalue weighted by Gasteiger charge is -2.26. The van der Waals surface area contributed by atoms with Gasteiger partial charge in [0.2, 0.25) is 0 Å². The van der Waals surface area contributed by atoms with Crippen LogP contribution in [-0.2, 0) is 4.74 Å². The summed E-state index contributed by atoms with van der Waals surface area (Å²) in [6.07, 6.45) is 2.17. The Labute approximate surface area is 86.8 Å². The van der Waals surface area contributed by atoms with Crippen molar-refractivity contribution in [2.45, 2.75) is 12.8 Å². The molecule has 0 aromatic rings. The van der Waals surface area contributed by atoms with E-state index in [1.807, 2.05) is 0 Å². The average molecular weight is 201 g/mol. The number of hydrogen-bond donors (Lipinski definition) is 2. The van der Waals surface area contributed by atoms with Crippen molar-refractivity contribution >= 4 is 0 Å². The van der Waals surface area contributed by atoms with E-state index in [-0.39, 0.29) is 0 Å². The van der Waals surface area contributed by atoms with Gasteiger partial charge in [0.05, 0.1) is 6.61 Å². The van der Waals surface area contributed by atoms with Crippen LogP contribution in [0.1, 0.15) is 12.8 Å². The zero-order chi connectivity index (χ0) is 10.1. The van der Waals surface area contributed by atoms with E-state index in [0.717, 1.165) is 65.3 Å². The zero-order valence-corrected chi connectivity index (χ0v) is 9.00. The molecule has 3 N–H and O–H groups in total. The van der Waals surface area contributed by atoms with Crippen LogP contribution in [0.25, 0.3) is 0 Å². The molecule has 0 aromatic carbocycles. The first-order chi connectivity index (χ1) is 6.93. The molecule has 0 aromatic heterocycles. The second-order valence-corrected chi connectivity index (χ2v) is 3.70. The molecular formula is C10H23N3O. The molecule has 14 heavy (non-hydrogen) atoms. The van der Waals surface area contributed by atoms with Crippen molar-refractivity contribution < 1.29 is 4.74 Å². The lowest BCUT2D eigenvalue weighted by Crippen LogP contribution is -2.44. The van der Waals surface area contributed by atoms with Crippen LogP contribution in [0.2, 0.25) is 0 Å². The molecule has 1 aliphatic rings. The van der Waals surface area contributed by atoms with Crippen molar-refractivity contribution in [3.8, 4) is 0 Å². The van der Waals surface area contributed by atoms with Gasteiger partial charge in [-0.2, -0.15) is 0 Å². The lowest BCUT2D eigenvalue weighted by molar-refractivity contribution is 0.0968. The molecule has 1 rings (SSSR count). The first kappa shape index (κ1) is 11.9. The van der Waals surface area contributed by atoms with Crippen molar-refractivity contribution in [2.24, 2.45) is 5.73 Å². The van der Waals surface area contributed by atoms with Gasteiger partial charge in [-0.05, 0) is 19.4 Å². The number of unbranched alkanes of at least 4 members (excludes halogenated alkanes) is 1. The van der Waals surface area contributed by atoms with Crippen LogP contribution in [0.15, 0.2) is 0 Å². The number of piperazine rings is 1. The van der Waals surface area contributed by atoms with Gasteiger partial charge in [-0.25, -0.2) is 0 Å². The van der Waals surface area contributed by atoms with Gasteiger partial charge in [0.15, 0.2) is 0 Å². The van der Waals surface area contributed by atoms with Gasteiger partial charge >= 0.3 is 0 Å². The highest BCUT2D eigenvalue weighted by molar-refractivity contribution is 4.66. The van der Waals surface area contributed by atoms with Gasteiger partial charge in [0, 0.05) is 39.3 Å². The summed E-state index contributed by atoms with van der Waals surface area (Å²) in [6.45, 7) is 8.14. The third kappa shape index (κ3) is 5.54. The Morgan fingerprint density at radius 3 is 2.64 bits per heavy atom. The van der Waals surface area contributed by atoms with E-state index in [1.54, 1.807) is 0 Å². The predicted molar refractivity (Wildman–Crippen MR) is 58.4 cm³/mol. The largest absolute Gasteiger partial charge is 0.380 e. The third-order valence-corrected chi connectivity index (χ3v) is 2.50. The summed E-state index contributed by atoms with van der Waals surface area (Å²) in [7, 11) is 0. The Morgan fingerprint density at radius 1 is 1.14 bits per heavy atom. The molecule has 4 nitrogen and oxygen atoms in total. The second-order valence-electron chi connectivity index (χ2n) is 3.70. The summed E-state index contributed by atoms with van der Waals surface area (Å²) in [4.78, 5) is 2.44. The van der Waals surface area contributed by atoms with Gasteiger partial charge in [0.1, 0.15) is 0 Å². The Balaban J connectivity index is 1.82. The standard InChI is InChI=1S/C10H23N3O/c11-3-1-2-9-14-10-8-13-6-4-12-5-7-13/h12H,1-11H2. The first-order valence-electron chi connectivity index (χ1n) is 5.64. The Morgan fingerprint density at radius 2 is 1.93 bits per heavy atom. The molecule has 1 saturated heterocycles. The fraction of sp³-hybridized carbons (Fsp3) is 1.00. The molecule has 0 atom stereocenters. The van der Waals surface area contributed by atoms with Gasteiger partial charge in [0.25, 0.3) is 0 Å². The van der Waals surface area contributed by atoms with E-state index in [0.29, 0.717) is 0 Å². The van der Waals surface area contributed by atoms with Gasteiger partial charge < -0.3 is 15.8 Å². The minimum absolute atomic E-state index is 0.779. The minimum atomic E-state index is 0.779. The molecule has 0 spiro atoms.